The van der Waals surface area contributed by atoms with E-state index < -0.39 is 4.92 Å². The molecule has 1 amide bonds. The minimum absolute atomic E-state index is 0.0468. The van der Waals surface area contributed by atoms with Crippen molar-refractivity contribution in [2.75, 3.05) is 26.2 Å². The Kier molecular flexibility index (Phi) is 5.56. The van der Waals surface area contributed by atoms with Crippen LogP contribution in [0.1, 0.15) is 27.0 Å². The quantitative estimate of drug-likeness (QED) is 0.364. The Bertz CT molecular complexity index is 1230. The van der Waals surface area contributed by atoms with Gasteiger partial charge in [-0.2, -0.15) is 0 Å². The van der Waals surface area contributed by atoms with E-state index in [1.165, 1.54) is 12.1 Å². The third-order valence-electron chi connectivity index (χ3n) is 5.69. The van der Waals surface area contributed by atoms with Gasteiger partial charge < -0.3 is 9.32 Å². The molecule has 0 bridgehead atoms. The van der Waals surface area contributed by atoms with E-state index in [9.17, 15) is 19.7 Å². The van der Waals surface area contributed by atoms with E-state index in [0.29, 0.717) is 49.4 Å². The molecule has 1 aliphatic rings. The highest BCUT2D eigenvalue weighted by atomic mass is 16.6. The van der Waals surface area contributed by atoms with Crippen molar-refractivity contribution in [2.24, 2.45) is 0 Å². The molecule has 0 saturated carbocycles. The van der Waals surface area contributed by atoms with Gasteiger partial charge in [-0.05, 0) is 37.1 Å². The number of carbonyl (C=O) groups excluding carboxylic acids is 1. The molecule has 0 aliphatic carbocycles. The van der Waals surface area contributed by atoms with E-state index in [1.54, 1.807) is 24.0 Å². The Balaban J connectivity index is 1.46. The molecule has 2 heterocycles. The Hall–Kier alpha value is -3.52. The van der Waals surface area contributed by atoms with E-state index in [4.69, 9.17) is 4.42 Å². The number of piperazine rings is 1. The molecule has 4 rings (SSSR count). The largest absolute Gasteiger partial charge is 0.423 e. The number of nitro groups is 1. The highest BCUT2D eigenvalue weighted by Crippen LogP contribution is 2.22. The fourth-order valence-electron chi connectivity index (χ4n) is 3.94. The summed E-state index contributed by atoms with van der Waals surface area (Å²) in [6.45, 7) is 6.51. The molecular weight excluding hydrogens is 398 g/mol. The number of hydrogen-bond donors (Lipinski definition) is 0. The molecule has 1 saturated heterocycles. The number of hydrogen-bond acceptors (Lipinski definition) is 6. The SMILES string of the molecule is Cc1ccc2c(CN3CCN(C(=O)c4ccc(C)c([N+](=O)[O-])c4)CC3)cc(=O)oc2c1. The van der Waals surface area contributed by atoms with Crippen LogP contribution in [0.25, 0.3) is 11.0 Å². The zero-order chi connectivity index (χ0) is 22.1. The predicted octanol–water partition coefficient (Wildman–Crippen LogP) is 3.28. The number of carbonyl (C=O) groups is 1. The number of nitrogens with zero attached hydrogens (tertiary/aromatic N) is 3. The van der Waals surface area contributed by atoms with E-state index >= 15 is 0 Å². The Morgan fingerprint density at radius 1 is 1.06 bits per heavy atom. The lowest BCUT2D eigenvalue weighted by Gasteiger charge is -2.35. The third kappa shape index (κ3) is 4.34. The highest BCUT2D eigenvalue weighted by Gasteiger charge is 2.24. The maximum Gasteiger partial charge on any atom is 0.336 e. The number of rotatable bonds is 4. The molecule has 1 aliphatic heterocycles. The first-order chi connectivity index (χ1) is 14.8. The standard InChI is InChI=1S/C23H23N3O5/c1-15-3-6-19-18(13-22(27)31-21(19)11-15)14-24-7-9-25(10-8-24)23(28)17-5-4-16(2)20(12-17)26(29)30/h3-6,11-13H,7-10,14H2,1-2H3. The molecule has 0 radical (unpaired) electrons. The lowest BCUT2D eigenvalue weighted by molar-refractivity contribution is -0.385. The second-order valence-electron chi connectivity index (χ2n) is 7.92. The van der Waals surface area contributed by atoms with Crippen LogP contribution in [-0.4, -0.2) is 46.8 Å². The van der Waals surface area contributed by atoms with Gasteiger partial charge in [-0.1, -0.05) is 18.2 Å². The number of nitro benzene ring substituents is 1. The highest BCUT2D eigenvalue weighted by molar-refractivity contribution is 5.95. The van der Waals surface area contributed by atoms with Gasteiger partial charge in [0, 0.05) is 61.4 Å². The van der Waals surface area contributed by atoms with Crippen LogP contribution in [0.2, 0.25) is 0 Å². The molecule has 0 unspecified atom stereocenters. The maximum atomic E-state index is 12.8. The smallest absolute Gasteiger partial charge is 0.336 e. The van der Waals surface area contributed by atoms with Gasteiger partial charge in [-0.25, -0.2) is 4.79 Å². The molecule has 8 nitrogen and oxygen atoms in total. The van der Waals surface area contributed by atoms with Gasteiger partial charge in [0.2, 0.25) is 0 Å². The van der Waals surface area contributed by atoms with Crippen molar-refractivity contribution < 1.29 is 14.1 Å². The minimum atomic E-state index is -0.466. The average molecular weight is 421 g/mol. The topological polar surface area (TPSA) is 96.9 Å². The van der Waals surface area contributed by atoms with Crippen LogP contribution in [0.5, 0.6) is 0 Å². The summed E-state index contributed by atoms with van der Waals surface area (Å²) in [5.41, 5.74) is 2.94. The van der Waals surface area contributed by atoms with Crippen molar-refractivity contribution in [1.29, 1.82) is 0 Å². The summed E-state index contributed by atoms with van der Waals surface area (Å²) in [7, 11) is 0. The third-order valence-corrected chi connectivity index (χ3v) is 5.69. The molecule has 0 atom stereocenters. The van der Waals surface area contributed by atoms with Crippen LogP contribution < -0.4 is 5.63 Å². The zero-order valence-electron chi connectivity index (χ0n) is 17.5. The van der Waals surface area contributed by atoms with Crippen molar-refractivity contribution in [2.45, 2.75) is 20.4 Å². The van der Waals surface area contributed by atoms with Gasteiger partial charge in [0.1, 0.15) is 5.58 Å². The summed E-state index contributed by atoms with van der Waals surface area (Å²) in [5, 5.41) is 12.1. The van der Waals surface area contributed by atoms with Crippen LogP contribution in [-0.2, 0) is 6.54 Å². The van der Waals surface area contributed by atoms with Crippen molar-refractivity contribution in [3.8, 4) is 0 Å². The second-order valence-corrected chi connectivity index (χ2v) is 7.92. The number of aryl methyl sites for hydroxylation is 2. The maximum absolute atomic E-state index is 12.8. The molecule has 3 aromatic rings. The molecular formula is C23H23N3O5. The van der Waals surface area contributed by atoms with Crippen LogP contribution in [0.15, 0.2) is 51.7 Å². The van der Waals surface area contributed by atoms with Crippen molar-refractivity contribution in [3.63, 3.8) is 0 Å². The summed E-state index contributed by atoms with van der Waals surface area (Å²) >= 11 is 0. The summed E-state index contributed by atoms with van der Waals surface area (Å²) in [5.74, 6) is -0.205. The molecule has 160 valence electrons. The summed E-state index contributed by atoms with van der Waals surface area (Å²) in [4.78, 5) is 39.4. The molecule has 0 spiro atoms. The summed E-state index contributed by atoms with van der Waals surface area (Å²) < 4.78 is 5.33. The lowest BCUT2D eigenvalue weighted by atomic mass is 10.1. The summed E-state index contributed by atoms with van der Waals surface area (Å²) in [6.07, 6.45) is 0. The molecule has 31 heavy (non-hydrogen) atoms. The Morgan fingerprint density at radius 3 is 2.52 bits per heavy atom. The molecule has 1 aromatic heterocycles. The number of amides is 1. The van der Waals surface area contributed by atoms with E-state index in [2.05, 4.69) is 4.90 Å². The van der Waals surface area contributed by atoms with Crippen LogP contribution in [0, 0.1) is 24.0 Å². The minimum Gasteiger partial charge on any atom is -0.423 e. The normalized spacial score (nSPS) is 14.7. The Labute approximate surface area is 178 Å². The Morgan fingerprint density at radius 2 is 1.81 bits per heavy atom. The molecule has 8 heteroatoms. The first-order valence-corrected chi connectivity index (χ1v) is 10.1. The number of fused-ring (bicyclic) bond motifs is 1. The van der Waals surface area contributed by atoms with Crippen LogP contribution in [0.4, 0.5) is 5.69 Å². The van der Waals surface area contributed by atoms with Crippen LogP contribution in [0.3, 0.4) is 0 Å². The molecule has 0 N–H and O–H groups in total. The zero-order valence-corrected chi connectivity index (χ0v) is 17.5. The van der Waals surface area contributed by atoms with Crippen LogP contribution >= 0.6 is 0 Å². The lowest BCUT2D eigenvalue weighted by Crippen LogP contribution is -2.48. The van der Waals surface area contributed by atoms with Crippen molar-refractivity contribution in [1.82, 2.24) is 9.80 Å². The van der Waals surface area contributed by atoms with Gasteiger partial charge in [0.15, 0.2) is 0 Å². The first kappa shape index (κ1) is 20.7. The second kappa shape index (κ2) is 8.31. The van der Waals surface area contributed by atoms with Gasteiger partial charge in [0.05, 0.1) is 4.92 Å². The molecule has 1 fully saturated rings. The van der Waals surface area contributed by atoms with Crippen molar-refractivity contribution >= 4 is 22.6 Å². The van der Waals surface area contributed by atoms with Gasteiger partial charge >= 0.3 is 5.63 Å². The monoisotopic (exact) mass is 421 g/mol. The summed E-state index contributed by atoms with van der Waals surface area (Å²) in [6, 6.07) is 11.9. The van der Waals surface area contributed by atoms with Crippen molar-refractivity contribution in [3.05, 3.63) is 85.3 Å². The molecule has 2 aromatic carbocycles. The fraction of sp³-hybridized carbons (Fsp3) is 0.304. The van der Waals surface area contributed by atoms with Gasteiger partial charge in [-0.15, -0.1) is 0 Å². The van der Waals surface area contributed by atoms with Gasteiger partial charge in [-0.3, -0.25) is 19.8 Å². The van der Waals surface area contributed by atoms with E-state index in [-0.39, 0.29) is 17.2 Å². The predicted molar refractivity (Wildman–Crippen MR) is 116 cm³/mol. The van der Waals surface area contributed by atoms with Gasteiger partial charge in [0.25, 0.3) is 11.6 Å². The van der Waals surface area contributed by atoms with E-state index in [1.807, 2.05) is 25.1 Å². The fourth-order valence-corrected chi connectivity index (χ4v) is 3.94. The first-order valence-electron chi connectivity index (χ1n) is 10.1. The van der Waals surface area contributed by atoms with E-state index in [0.717, 1.165) is 16.5 Å². The average Bonchev–Trinajstić information content (AvgIpc) is 2.73. The number of benzene rings is 2.